The fourth-order valence-corrected chi connectivity index (χ4v) is 1.17. The highest BCUT2D eigenvalue weighted by Gasteiger charge is 2.26. The summed E-state index contributed by atoms with van der Waals surface area (Å²) in [5.41, 5.74) is 5.63. The molecular formula is C11H18NO3. The van der Waals surface area contributed by atoms with Crippen LogP contribution in [0, 0.1) is 11.8 Å². The quantitative estimate of drug-likeness (QED) is 0.628. The van der Waals surface area contributed by atoms with Gasteiger partial charge in [-0.15, -0.1) is 0 Å². The lowest BCUT2D eigenvalue weighted by Crippen LogP contribution is -2.40. The molecule has 2 atom stereocenters. The van der Waals surface area contributed by atoms with E-state index >= 15 is 0 Å². The molecule has 0 aromatic rings. The number of rotatable bonds is 7. The average molecular weight is 212 g/mol. The second kappa shape index (κ2) is 6.45. The van der Waals surface area contributed by atoms with Gasteiger partial charge in [0.25, 0.3) is 0 Å². The van der Waals surface area contributed by atoms with Crippen molar-refractivity contribution < 1.29 is 14.4 Å². The summed E-state index contributed by atoms with van der Waals surface area (Å²) >= 11 is 0. The van der Waals surface area contributed by atoms with E-state index in [1.54, 1.807) is 6.29 Å². The van der Waals surface area contributed by atoms with E-state index in [0.717, 1.165) is 0 Å². The zero-order chi connectivity index (χ0) is 12.0. The molecule has 0 bridgehead atoms. The minimum absolute atomic E-state index is 0.00863. The van der Waals surface area contributed by atoms with Crippen LogP contribution in [0.2, 0.25) is 0 Å². The van der Waals surface area contributed by atoms with Gasteiger partial charge < -0.3 is 10.5 Å². The van der Waals surface area contributed by atoms with E-state index in [0.29, 0.717) is 0 Å². The molecule has 1 unspecified atom stereocenters. The summed E-state index contributed by atoms with van der Waals surface area (Å²) in [6.07, 6.45) is 2.10. The van der Waals surface area contributed by atoms with Crippen LogP contribution in [0.4, 0.5) is 0 Å². The first kappa shape index (κ1) is 14.0. The van der Waals surface area contributed by atoms with E-state index < -0.39 is 12.0 Å². The number of nitrogens with two attached hydrogens (primary N) is 1. The van der Waals surface area contributed by atoms with Crippen molar-refractivity contribution in [2.75, 3.05) is 0 Å². The fraction of sp³-hybridized carbons (Fsp3) is 0.727. The van der Waals surface area contributed by atoms with Gasteiger partial charge in [0, 0.05) is 6.42 Å². The predicted molar refractivity (Wildman–Crippen MR) is 56.9 cm³/mol. The summed E-state index contributed by atoms with van der Waals surface area (Å²) in [4.78, 5) is 32.9. The lowest BCUT2D eigenvalue weighted by molar-refractivity contribution is -0.123. The van der Waals surface area contributed by atoms with E-state index in [1.807, 2.05) is 13.8 Å². The van der Waals surface area contributed by atoms with Crippen molar-refractivity contribution in [3.8, 4) is 0 Å². The van der Waals surface area contributed by atoms with E-state index in [-0.39, 0.29) is 30.3 Å². The van der Waals surface area contributed by atoms with Crippen molar-refractivity contribution in [1.29, 1.82) is 0 Å². The van der Waals surface area contributed by atoms with Gasteiger partial charge in [-0.2, -0.15) is 0 Å². The Labute approximate surface area is 90.2 Å². The first-order chi connectivity index (χ1) is 6.90. The van der Waals surface area contributed by atoms with Crippen LogP contribution in [0.5, 0.6) is 0 Å². The smallest absolute Gasteiger partial charge is 0.209 e. The Hall–Kier alpha value is -1.03. The molecule has 0 saturated carbocycles. The average Bonchev–Trinajstić information content (AvgIpc) is 2.16. The molecule has 0 spiro atoms. The first-order valence-electron chi connectivity index (χ1n) is 5.06. The zero-order valence-corrected chi connectivity index (χ0v) is 9.45. The molecule has 0 saturated heterocycles. The molecule has 0 aliphatic carbocycles. The Balaban J connectivity index is 4.34. The molecule has 0 fully saturated rings. The Morgan fingerprint density at radius 2 is 1.87 bits per heavy atom. The minimum atomic E-state index is -0.855. The number of Topliss-reactive ketones (excluding diaryl/α,β-unsaturated/α-hetero) is 2. The van der Waals surface area contributed by atoms with Gasteiger partial charge in [-0.3, -0.25) is 9.59 Å². The Morgan fingerprint density at radius 3 is 2.20 bits per heavy atom. The van der Waals surface area contributed by atoms with Crippen LogP contribution >= 0.6 is 0 Å². The Morgan fingerprint density at radius 1 is 1.33 bits per heavy atom. The highest BCUT2D eigenvalue weighted by atomic mass is 16.1. The maximum absolute atomic E-state index is 11.6. The summed E-state index contributed by atoms with van der Waals surface area (Å²) in [5.74, 6) is -1.22. The fourth-order valence-electron chi connectivity index (χ4n) is 1.17. The normalized spacial score (nSPS) is 14.7. The van der Waals surface area contributed by atoms with Gasteiger partial charge in [-0.05, 0) is 19.3 Å². The van der Waals surface area contributed by atoms with Gasteiger partial charge in [-0.1, -0.05) is 13.8 Å². The molecule has 4 heteroatoms. The highest BCUT2D eigenvalue weighted by molar-refractivity contribution is 5.97. The number of carbonyl (C=O) groups excluding carboxylic acids is 3. The molecule has 0 rings (SSSR count). The molecule has 85 valence electrons. The molecule has 15 heavy (non-hydrogen) atoms. The molecule has 0 amide bonds. The van der Waals surface area contributed by atoms with Gasteiger partial charge >= 0.3 is 0 Å². The maximum Gasteiger partial charge on any atom is 0.209 e. The molecule has 0 heterocycles. The standard InChI is InChI=1S/C11H18NO3/c1-7(2)10(12)11(15)9(6-13)5-4-8(3)14/h7,9-10H,4-5,12H2,1-3H3/t9?,10-/m0/s1. The van der Waals surface area contributed by atoms with Crippen molar-refractivity contribution in [3.05, 3.63) is 0 Å². The van der Waals surface area contributed by atoms with Crippen molar-refractivity contribution in [2.45, 2.75) is 39.7 Å². The van der Waals surface area contributed by atoms with Gasteiger partial charge in [0.2, 0.25) is 6.29 Å². The van der Waals surface area contributed by atoms with Gasteiger partial charge in [0.15, 0.2) is 5.78 Å². The van der Waals surface area contributed by atoms with Gasteiger partial charge in [0.05, 0.1) is 12.0 Å². The van der Waals surface area contributed by atoms with Crippen molar-refractivity contribution >= 4 is 17.9 Å². The number of hydrogen-bond donors (Lipinski definition) is 1. The lowest BCUT2D eigenvalue weighted by Gasteiger charge is -2.17. The van der Waals surface area contributed by atoms with E-state index in [4.69, 9.17) is 5.73 Å². The summed E-state index contributed by atoms with van der Waals surface area (Å²) in [7, 11) is 0. The molecule has 2 N–H and O–H groups in total. The van der Waals surface area contributed by atoms with Crippen molar-refractivity contribution in [3.63, 3.8) is 0 Å². The zero-order valence-electron chi connectivity index (χ0n) is 9.45. The molecule has 0 aromatic carbocycles. The number of hydrogen-bond acceptors (Lipinski definition) is 4. The molecule has 1 radical (unpaired) electrons. The van der Waals surface area contributed by atoms with Crippen LogP contribution in [0.15, 0.2) is 0 Å². The molecule has 0 aliphatic rings. The number of ketones is 2. The van der Waals surface area contributed by atoms with Gasteiger partial charge in [0.1, 0.15) is 5.78 Å². The third-order valence-corrected chi connectivity index (χ3v) is 2.32. The van der Waals surface area contributed by atoms with Crippen LogP contribution in [0.1, 0.15) is 33.6 Å². The second-order valence-corrected chi connectivity index (χ2v) is 4.08. The molecule has 4 nitrogen and oxygen atoms in total. The second-order valence-electron chi connectivity index (χ2n) is 4.08. The molecule has 0 aromatic heterocycles. The Kier molecular flexibility index (Phi) is 6.01. The van der Waals surface area contributed by atoms with E-state index in [2.05, 4.69) is 0 Å². The van der Waals surface area contributed by atoms with Crippen LogP contribution in [0.25, 0.3) is 0 Å². The van der Waals surface area contributed by atoms with Crippen molar-refractivity contribution in [1.82, 2.24) is 0 Å². The van der Waals surface area contributed by atoms with E-state index in [1.165, 1.54) is 6.92 Å². The maximum atomic E-state index is 11.6. The largest absolute Gasteiger partial charge is 0.321 e. The first-order valence-corrected chi connectivity index (χ1v) is 5.06. The van der Waals surface area contributed by atoms with Crippen LogP contribution in [-0.2, 0) is 14.4 Å². The van der Waals surface area contributed by atoms with E-state index in [9.17, 15) is 14.4 Å². The molecule has 0 aliphatic heterocycles. The lowest BCUT2D eigenvalue weighted by atomic mass is 9.89. The monoisotopic (exact) mass is 212 g/mol. The predicted octanol–water partition coefficient (Wildman–Crippen LogP) is 0.634. The third-order valence-electron chi connectivity index (χ3n) is 2.32. The third kappa shape index (κ3) is 4.83. The van der Waals surface area contributed by atoms with Crippen LogP contribution in [0.3, 0.4) is 0 Å². The molecular weight excluding hydrogens is 194 g/mol. The Bertz CT molecular complexity index is 248. The number of carbonyl (C=O) groups is 2. The summed E-state index contributed by atoms with van der Waals surface area (Å²) in [5, 5.41) is 0. The minimum Gasteiger partial charge on any atom is -0.321 e. The highest BCUT2D eigenvalue weighted by Crippen LogP contribution is 2.11. The summed E-state index contributed by atoms with van der Waals surface area (Å²) < 4.78 is 0. The van der Waals surface area contributed by atoms with Crippen LogP contribution in [-0.4, -0.2) is 23.9 Å². The summed E-state index contributed by atoms with van der Waals surface area (Å²) in [6.45, 7) is 5.06. The van der Waals surface area contributed by atoms with Crippen LogP contribution < -0.4 is 5.73 Å². The van der Waals surface area contributed by atoms with Gasteiger partial charge in [-0.25, -0.2) is 0 Å². The summed E-state index contributed by atoms with van der Waals surface area (Å²) in [6, 6.07) is -0.650. The van der Waals surface area contributed by atoms with Crippen molar-refractivity contribution in [2.24, 2.45) is 17.6 Å². The topological polar surface area (TPSA) is 77.2 Å². The SMILES string of the molecule is CC(=O)CCC([C]=O)C(=O)[C@@H](N)C(C)C.